The molecule has 3 N–H and O–H groups in total. The molecular formula is C72H140O17P2. The van der Waals surface area contributed by atoms with E-state index in [-0.39, 0.29) is 25.7 Å². The zero-order valence-corrected chi connectivity index (χ0v) is 61.1. The maximum absolute atomic E-state index is 13.0. The molecule has 0 bridgehead atoms. The van der Waals surface area contributed by atoms with E-state index in [0.717, 1.165) is 108 Å². The number of rotatable bonds is 70. The predicted octanol–water partition coefficient (Wildman–Crippen LogP) is 20.6. The van der Waals surface area contributed by atoms with Crippen LogP contribution in [0.3, 0.4) is 0 Å². The number of unbranched alkanes of at least 4 members (excludes halogenated alkanes) is 38. The van der Waals surface area contributed by atoms with E-state index in [9.17, 15) is 43.2 Å². The van der Waals surface area contributed by atoms with E-state index in [1.165, 1.54) is 167 Å². The van der Waals surface area contributed by atoms with E-state index in [0.29, 0.717) is 31.6 Å². The first-order valence-electron chi connectivity index (χ1n) is 37.3. The second-order valence-corrected chi connectivity index (χ2v) is 30.3. The molecule has 2 unspecified atom stereocenters. The molecule has 540 valence electrons. The van der Waals surface area contributed by atoms with E-state index in [2.05, 4.69) is 48.5 Å². The number of esters is 4. The first kappa shape index (κ1) is 89.1. The fraction of sp³-hybridized carbons (Fsp3) is 0.944. The number of aliphatic hydroxyl groups excluding tert-OH is 1. The van der Waals surface area contributed by atoms with Crippen LogP contribution in [0.5, 0.6) is 0 Å². The molecule has 91 heavy (non-hydrogen) atoms. The van der Waals surface area contributed by atoms with Crippen LogP contribution in [0.2, 0.25) is 0 Å². The van der Waals surface area contributed by atoms with Gasteiger partial charge in [0.15, 0.2) is 12.2 Å². The van der Waals surface area contributed by atoms with Crippen LogP contribution in [0.4, 0.5) is 0 Å². The Morgan fingerprint density at radius 1 is 0.297 bits per heavy atom. The van der Waals surface area contributed by atoms with Gasteiger partial charge < -0.3 is 33.8 Å². The monoisotopic (exact) mass is 1340 g/mol. The summed E-state index contributed by atoms with van der Waals surface area (Å²) in [6, 6.07) is 0. The molecule has 0 saturated heterocycles. The summed E-state index contributed by atoms with van der Waals surface area (Å²) in [6.45, 7) is 11.8. The molecule has 0 rings (SSSR count). The number of aliphatic hydroxyl groups is 1. The van der Waals surface area contributed by atoms with Crippen LogP contribution in [0, 0.1) is 17.8 Å². The van der Waals surface area contributed by atoms with Gasteiger partial charge in [0.05, 0.1) is 26.4 Å². The number of phosphoric acid groups is 2. The van der Waals surface area contributed by atoms with Crippen molar-refractivity contribution in [3.8, 4) is 0 Å². The summed E-state index contributed by atoms with van der Waals surface area (Å²) in [7, 11) is -9.90. The van der Waals surface area contributed by atoms with Crippen LogP contribution >= 0.6 is 15.6 Å². The normalized spacial score (nSPS) is 14.2. The van der Waals surface area contributed by atoms with E-state index < -0.39 is 97.5 Å². The highest BCUT2D eigenvalue weighted by Crippen LogP contribution is 2.45. The quantitative estimate of drug-likeness (QED) is 0.0222. The number of phosphoric ester groups is 2. The third-order valence-electron chi connectivity index (χ3n) is 16.6. The Balaban J connectivity index is 5.23. The molecule has 0 spiro atoms. The van der Waals surface area contributed by atoms with Crippen molar-refractivity contribution in [3.05, 3.63) is 0 Å². The Hall–Kier alpha value is -1.94. The van der Waals surface area contributed by atoms with Crippen molar-refractivity contribution in [2.24, 2.45) is 17.8 Å². The molecule has 0 heterocycles. The Labute approximate surface area is 556 Å². The zero-order chi connectivity index (χ0) is 67.3. The lowest BCUT2D eigenvalue weighted by atomic mass is 10.0. The van der Waals surface area contributed by atoms with Gasteiger partial charge in [-0.3, -0.25) is 37.3 Å². The van der Waals surface area contributed by atoms with Crippen LogP contribution in [-0.4, -0.2) is 96.7 Å². The highest BCUT2D eigenvalue weighted by atomic mass is 31.2. The highest BCUT2D eigenvalue weighted by Gasteiger charge is 2.30. The molecule has 0 aliphatic rings. The lowest BCUT2D eigenvalue weighted by Crippen LogP contribution is -2.30. The fourth-order valence-electron chi connectivity index (χ4n) is 10.9. The molecular weight excluding hydrogens is 1200 g/mol. The van der Waals surface area contributed by atoms with Crippen molar-refractivity contribution in [1.82, 2.24) is 0 Å². The Kier molecular flexibility index (Phi) is 61.5. The third kappa shape index (κ3) is 66.5. The topological polar surface area (TPSA) is 237 Å². The van der Waals surface area contributed by atoms with Crippen LogP contribution in [0.25, 0.3) is 0 Å². The van der Waals surface area contributed by atoms with Gasteiger partial charge in [-0.05, 0) is 43.4 Å². The summed E-state index contributed by atoms with van der Waals surface area (Å²) in [6.07, 6.45) is 47.4. The SMILES string of the molecule is CCCCCCCCCCCCCCCCC(=O)OC[C@H](COP(=O)(O)OC[C@@H](O)COP(=O)(O)OC[C@@H](COC(=O)CCCCCCCCC(C)C)OC(=O)CCCCCCCCCCC(C)C)OC(=O)CCCCCCCCCCCCCCCCC(C)C. The third-order valence-corrected chi connectivity index (χ3v) is 18.5. The molecule has 0 radical (unpaired) electrons. The van der Waals surface area contributed by atoms with Crippen LogP contribution in [-0.2, 0) is 65.4 Å². The van der Waals surface area contributed by atoms with Crippen LogP contribution in [0.1, 0.15) is 363 Å². The number of ether oxygens (including phenoxy) is 4. The number of hydrogen-bond acceptors (Lipinski definition) is 15. The minimum atomic E-state index is -4.95. The summed E-state index contributed by atoms with van der Waals surface area (Å²) in [5, 5.41) is 10.6. The maximum atomic E-state index is 13.0. The Morgan fingerprint density at radius 2 is 0.505 bits per heavy atom. The van der Waals surface area contributed by atoms with Crippen molar-refractivity contribution >= 4 is 39.5 Å². The summed E-state index contributed by atoms with van der Waals surface area (Å²) >= 11 is 0. The summed E-state index contributed by atoms with van der Waals surface area (Å²) < 4.78 is 68.3. The second kappa shape index (κ2) is 62.8. The lowest BCUT2D eigenvalue weighted by Gasteiger charge is -2.21. The first-order valence-corrected chi connectivity index (χ1v) is 40.3. The molecule has 0 aromatic heterocycles. The summed E-state index contributed by atoms with van der Waals surface area (Å²) in [5.74, 6) is 0.0669. The molecule has 0 fully saturated rings. The van der Waals surface area contributed by atoms with Gasteiger partial charge >= 0.3 is 39.5 Å². The minimum Gasteiger partial charge on any atom is -0.462 e. The molecule has 0 amide bonds. The molecule has 0 aromatic carbocycles. The van der Waals surface area contributed by atoms with Gasteiger partial charge in [0.25, 0.3) is 0 Å². The maximum Gasteiger partial charge on any atom is 0.472 e. The smallest absolute Gasteiger partial charge is 0.462 e. The second-order valence-electron chi connectivity index (χ2n) is 27.4. The average Bonchev–Trinajstić information content (AvgIpc) is 2.92. The standard InChI is InChI=1S/C72H140O17P2/c1-8-9-10-11-12-13-14-15-19-22-25-31-39-46-53-69(74)82-59-67(88-71(76)55-48-41-32-26-23-20-17-16-18-21-24-29-36-43-50-63(2)3)61-86-90(78,79)84-57-66(73)58-85-91(80,81)87-62-68(60-83-70(75)54-47-40-35-34-38-45-52-65(6)7)89-72(77)56-49-42-33-28-27-30-37-44-51-64(4)5/h63-68,73H,8-62H2,1-7H3,(H,78,79)(H,80,81)/t66-,67-,68-/m1/s1. The van der Waals surface area contributed by atoms with Gasteiger partial charge in [0, 0.05) is 25.7 Å². The Morgan fingerprint density at radius 3 is 0.747 bits per heavy atom. The van der Waals surface area contributed by atoms with E-state index in [4.69, 9.17) is 37.0 Å². The van der Waals surface area contributed by atoms with Gasteiger partial charge in [-0.25, -0.2) is 9.13 Å². The zero-order valence-electron chi connectivity index (χ0n) is 59.3. The molecule has 0 aliphatic heterocycles. The van der Waals surface area contributed by atoms with Gasteiger partial charge in [-0.15, -0.1) is 0 Å². The van der Waals surface area contributed by atoms with Crippen molar-refractivity contribution in [2.45, 2.75) is 381 Å². The van der Waals surface area contributed by atoms with Gasteiger partial charge in [0.1, 0.15) is 19.3 Å². The molecule has 0 saturated carbocycles. The first-order chi connectivity index (χ1) is 43.7. The molecule has 17 nitrogen and oxygen atoms in total. The lowest BCUT2D eigenvalue weighted by molar-refractivity contribution is -0.161. The van der Waals surface area contributed by atoms with Gasteiger partial charge in [-0.2, -0.15) is 0 Å². The average molecular weight is 1340 g/mol. The van der Waals surface area contributed by atoms with Crippen molar-refractivity contribution < 1.29 is 80.2 Å². The predicted molar refractivity (Wildman–Crippen MR) is 368 cm³/mol. The summed E-state index contributed by atoms with van der Waals surface area (Å²) in [4.78, 5) is 72.6. The van der Waals surface area contributed by atoms with Crippen molar-refractivity contribution in [3.63, 3.8) is 0 Å². The number of carbonyl (C=O) groups is 4. The van der Waals surface area contributed by atoms with Crippen LogP contribution in [0.15, 0.2) is 0 Å². The van der Waals surface area contributed by atoms with Crippen LogP contribution < -0.4 is 0 Å². The molecule has 0 aliphatic carbocycles. The summed E-state index contributed by atoms with van der Waals surface area (Å²) in [5.41, 5.74) is 0. The number of carbonyl (C=O) groups excluding carboxylic acids is 4. The minimum absolute atomic E-state index is 0.103. The van der Waals surface area contributed by atoms with Gasteiger partial charge in [0.2, 0.25) is 0 Å². The Bertz CT molecular complexity index is 1780. The van der Waals surface area contributed by atoms with E-state index in [1.54, 1.807) is 0 Å². The molecule has 0 aromatic rings. The fourth-order valence-corrected chi connectivity index (χ4v) is 12.5. The van der Waals surface area contributed by atoms with Crippen molar-refractivity contribution in [2.75, 3.05) is 39.6 Å². The molecule has 19 heteroatoms. The highest BCUT2D eigenvalue weighted by molar-refractivity contribution is 7.47. The van der Waals surface area contributed by atoms with Gasteiger partial charge in [-0.1, -0.05) is 312 Å². The molecule has 5 atom stereocenters. The largest absolute Gasteiger partial charge is 0.472 e. The van der Waals surface area contributed by atoms with Crippen molar-refractivity contribution in [1.29, 1.82) is 0 Å². The van der Waals surface area contributed by atoms with E-state index >= 15 is 0 Å². The van der Waals surface area contributed by atoms with E-state index in [1.807, 2.05) is 0 Å². The number of hydrogen-bond donors (Lipinski definition) is 3.